The summed E-state index contributed by atoms with van der Waals surface area (Å²) in [6, 6.07) is 5.82. The number of aromatic nitrogens is 2. The molecule has 1 aromatic carbocycles. The number of thiazole rings is 1. The van der Waals surface area contributed by atoms with Crippen LogP contribution < -0.4 is 4.72 Å². The Morgan fingerprint density at radius 1 is 1.13 bits per heavy atom. The normalized spacial score (nSPS) is 16.1. The van der Waals surface area contributed by atoms with Crippen LogP contribution in [0.2, 0.25) is 0 Å². The van der Waals surface area contributed by atoms with Gasteiger partial charge in [-0.1, -0.05) is 19.1 Å². The standard InChI is InChI=1S/C30H33F5N4O5S2/c1-5-16(2)38-46(43,44)20-10-9-18(21(22(20)31)25(32)33)24-23(27(40)39-13-11-30(34,35)12-14-39)37-26(45-24)19-8-6-7-17(36-19)15-29(3,4)28(41)42/h6-10,16,25,38H,5,11-15H2,1-4H3,(H,41,42)/t16-/m1/s1. The number of carbonyl (C=O) groups excluding carboxylic acids is 1. The molecule has 250 valence electrons. The fraction of sp³-hybridized carbons (Fsp3) is 0.467. The molecule has 1 aliphatic rings. The molecule has 3 heterocycles. The first kappa shape index (κ1) is 35.4. The monoisotopic (exact) mass is 688 g/mol. The zero-order valence-corrected chi connectivity index (χ0v) is 27.0. The summed E-state index contributed by atoms with van der Waals surface area (Å²) in [5, 5.41) is 9.56. The van der Waals surface area contributed by atoms with E-state index in [2.05, 4.69) is 14.7 Å². The minimum atomic E-state index is -4.54. The summed E-state index contributed by atoms with van der Waals surface area (Å²) in [6.07, 6.45) is -4.40. The number of hydrogen-bond donors (Lipinski definition) is 2. The molecule has 4 rings (SSSR count). The van der Waals surface area contributed by atoms with Gasteiger partial charge in [0.25, 0.3) is 18.3 Å². The number of alkyl halides is 4. The third-order valence-electron chi connectivity index (χ3n) is 7.71. The van der Waals surface area contributed by atoms with E-state index in [-0.39, 0.29) is 35.1 Å². The van der Waals surface area contributed by atoms with Crippen molar-refractivity contribution in [1.82, 2.24) is 19.6 Å². The van der Waals surface area contributed by atoms with Crippen LogP contribution in [-0.2, 0) is 21.2 Å². The first-order chi connectivity index (χ1) is 21.4. The van der Waals surface area contributed by atoms with Gasteiger partial charge in [-0.2, -0.15) is 0 Å². The highest BCUT2D eigenvalue weighted by molar-refractivity contribution is 7.89. The van der Waals surface area contributed by atoms with Crippen molar-refractivity contribution in [2.24, 2.45) is 5.41 Å². The molecule has 1 aliphatic heterocycles. The summed E-state index contributed by atoms with van der Waals surface area (Å²) in [7, 11) is -4.54. The maximum atomic E-state index is 15.7. The van der Waals surface area contributed by atoms with Crippen molar-refractivity contribution in [3.63, 3.8) is 0 Å². The van der Waals surface area contributed by atoms with Gasteiger partial charge in [0.05, 0.1) is 21.5 Å². The predicted molar refractivity (Wildman–Crippen MR) is 161 cm³/mol. The molecule has 1 fully saturated rings. The van der Waals surface area contributed by atoms with Crippen molar-refractivity contribution in [2.45, 2.75) is 76.7 Å². The van der Waals surface area contributed by atoms with Crippen molar-refractivity contribution < 1.29 is 45.1 Å². The largest absolute Gasteiger partial charge is 0.481 e. The van der Waals surface area contributed by atoms with Crippen LogP contribution in [0.3, 0.4) is 0 Å². The number of carboxylic acids is 1. The molecule has 9 nitrogen and oxygen atoms in total. The molecule has 0 saturated carbocycles. The van der Waals surface area contributed by atoms with E-state index in [1.807, 2.05) is 0 Å². The minimum absolute atomic E-state index is 0.0174. The predicted octanol–water partition coefficient (Wildman–Crippen LogP) is 6.55. The second kappa shape index (κ2) is 13.3. The number of hydrogen-bond acceptors (Lipinski definition) is 7. The Hall–Kier alpha value is -3.50. The second-order valence-electron chi connectivity index (χ2n) is 11.8. The van der Waals surface area contributed by atoms with Crippen molar-refractivity contribution in [2.75, 3.05) is 13.1 Å². The number of halogens is 5. The second-order valence-corrected chi connectivity index (χ2v) is 14.5. The highest BCUT2D eigenvalue weighted by atomic mass is 32.2. The number of nitrogens with one attached hydrogen (secondary N) is 1. The Balaban J connectivity index is 1.88. The fourth-order valence-corrected chi connectivity index (χ4v) is 7.26. The summed E-state index contributed by atoms with van der Waals surface area (Å²) < 4.78 is 101. The SMILES string of the molecule is CC[C@@H](C)NS(=O)(=O)c1ccc(-c2sc(-c3cccc(CC(C)(C)C(=O)O)n3)nc2C(=O)N2CCC(F)(F)CC2)c(C(F)F)c1F. The number of amides is 1. The maximum Gasteiger partial charge on any atom is 0.309 e. The number of aliphatic carboxylic acids is 1. The van der Waals surface area contributed by atoms with E-state index >= 15 is 4.39 Å². The Morgan fingerprint density at radius 2 is 1.78 bits per heavy atom. The lowest BCUT2D eigenvalue weighted by molar-refractivity contribution is -0.146. The summed E-state index contributed by atoms with van der Waals surface area (Å²) in [5.74, 6) is -6.61. The number of likely N-dealkylation sites (tertiary alicyclic amines) is 1. The van der Waals surface area contributed by atoms with Crippen LogP contribution in [-0.4, -0.2) is 65.3 Å². The maximum absolute atomic E-state index is 15.7. The molecule has 2 N–H and O–H groups in total. The van der Waals surface area contributed by atoms with Gasteiger partial charge in [-0.15, -0.1) is 11.3 Å². The molecule has 0 unspecified atom stereocenters. The lowest BCUT2D eigenvalue weighted by Crippen LogP contribution is -2.43. The van der Waals surface area contributed by atoms with Gasteiger partial charge < -0.3 is 10.0 Å². The molecule has 1 atom stereocenters. The van der Waals surface area contributed by atoms with Crippen LogP contribution in [0, 0.1) is 11.2 Å². The average Bonchev–Trinajstić information content (AvgIpc) is 3.41. The van der Waals surface area contributed by atoms with Gasteiger partial charge >= 0.3 is 5.97 Å². The van der Waals surface area contributed by atoms with Gasteiger partial charge in [-0.3, -0.25) is 14.6 Å². The molecule has 46 heavy (non-hydrogen) atoms. The molecule has 0 aliphatic carbocycles. The van der Waals surface area contributed by atoms with Gasteiger partial charge in [0.1, 0.15) is 15.6 Å². The third kappa shape index (κ3) is 7.55. The third-order valence-corrected chi connectivity index (χ3v) is 10.4. The van der Waals surface area contributed by atoms with Crippen molar-refractivity contribution in [1.29, 1.82) is 0 Å². The van der Waals surface area contributed by atoms with E-state index in [4.69, 9.17) is 0 Å². The molecular weight excluding hydrogens is 655 g/mol. The Kier molecular flexibility index (Phi) is 10.2. The molecule has 1 amide bonds. The number of nitrogens with zero attached hydrogens (tertiary/aromatic N) is 3. The summed E-state index contributed by atoms with van der Waals surface area (Å²) in [4.78, 5) is 34.0. The number of carboxylic acid groups (broad SMARTS) is 1. The zero-order chi connectivity index (χ0) is 34.2. The number of carbonyl (C=O) groups is 2. The van der Waals surface area contributed by atoms with E-state index in [1.165, 1.54) is 26.8 Å². The number of rotatable bonds is 11. The van der Waals surface area contributed by atoms with Crippen LogP contribution in [0.1, 0.15) is 75.1 Å². The van der Waals surface area contributed by atoms with Crippen LogP contribution in [0.5, 0.6) is 0 Å². The van der Waals surface area contributed by atoms with E-state index < -0.39 is 86.1 Å². The topological polar surface area (TPSA) is 130 Å². The van der Waals surface area contributed by atoms with Crippen LogP contribution in [0.4, 0.5) is 22.0 Å². The van der Waals surface area contributed by atoms with Gasteiger partial charge in [0.15, 0.2) is 5.82 Å². The average molecular weight is 689 g/mol. The lowest BCUT2D eigenvalue weighted by atomic mass is 9.88. The van der Waals surface area contributed by atoms with Crippen LogP contribution in [0.15, 0.2) is 35.2 Å². The molecule has 2 aromatic heterocycles. The highest BCUT2D eigenvalue weighted by Crippen LogP contribution is 2.43. The van der Waals surface area contributed by atoms with Crippen molar-refractivity contribution >= 4 is 33.2 Å². The van der Waals surface area contributed by atoms with E-state index in [1.54, 1.807) is 19.1 Å². The van der Waals surface area contributed by atoms with Gasteiger partial charge in [0, 0.05) is 49.7 Å². The molecule has 16 heteroatoms. The van der Waals surface area contributed by atoms with E-state index in [0.29, 0.717) is 23.5 Å². The number of sulfonamides is 1. The van der Waals surface area contributed by atoms with Gasteiger partial charge in [0.2, 0.25) is 10.0 Å². The zero-order valence-electron chi connectivity index (χ0n) is 25.4. The molecule has 0 bridgehead atoms. The number of benzene rings is 1. The van der Waals surface area contributed by atoms with E-state index in [0.717, 1.165) is 17.0 Å². The van der Waals surface area contributed by atoms with Crippen LogP contribution >= 0.6 is 11.3 Å². The highest BCUT2D eigenvalue weighted by Gasteiger charge is 2.38. The molecule has 3 aromatic rings. The summed E-state index contributed by atoms with van der Waals surface area (Å²) >= 11 is 0.708. The molecule has 0 radical (unpaired) electrons. The summed E-state index contributed by atoms with van der Waals surface area (Å²) in [6.45, 7) is 5.53. The smallest absolute Gasteiger partial charge is 0.309 e. The Bertz CT molecular complexity index is 1740. The number of piperidine rings is 1. The van der Waals surface area contributed by atoms with Crippen molar-refractivity contribution in [3.8, 4) is 21.1 Å². The minimum Gasteiger partial charge on any atom is -0.481 e. The van der Waals surface area contributed by atoms with E-state index in [9.17, 15) is 40.7 Å². The van der Waals surface area contributed by atoms with Gasteiger partial charge in [-0.05, 0) is 45.4 Å². The molecular formula is C30H33F5N4O5S2. The summed E-state index contributed by atoms with van der Waals surface area (Å²) in [5.41, 5.74) is -2.86. The first-order valence-corrected chi connectivity index (χ1v) is 16.7. The first-order valence-electron chi connectivity index (χ1n) is 14.4. The fourth-order valence-electron chi connectivity index (χ4n) is 4.77. The number of pyridine rings is 1. The van der Waals surface area contributed by atoms with Gasteiger partial charge in [-0.25, -0.2) is 40.1 Å². The Morgan fingerprint density at radius 3 is 2.37 bits per heavy atom. The van der Waals surface area contributed by atoms with Crippen LogP contribution in [0.25, 0.3) is 21.1 Å². The quantitative estimate of drug-likeness (QED) is 0.219. The Labute approximate surface area is 266 Å². The lowest BCUT2D eigenvalue weighted by Gasteiger charge is -2.31. The molecule has 0 spiro atoms. The van der Waals surface area contributed by atoms with Crippen molar-refractivity contribution in [3.05, 3.63) is 53.1 Å². The molecule has 1 saturated heterocycles.